The first kappa shape index (κ1) is 13.1. The Hall–Kier alpha value is -1.64. The molecule has 0 amide bonds. The third-order valence-corrected chi connectivity index (χ3v) is 5.69. The maximum absolute atomic E-state index is 3.58. The van der Waals surface area contributed by atoms with Gasteiger partial charge in [-0.05, 0) is 59.3 Å². The Morgan fingerprint density at radius 1 is 1.00 bits per heavy atom. The smallest absolute Gasteiger partial charge is 0.0367 e. The number of rotatable bonds is 3. The van der Waals surface area contributed by atoms with Crippen LogP contribution in [0.4, 0.5) is 0 Å². The molecule has 0 spiro atoms. The molecular formula is C19H19NS. The second-order valence-corrected chi connectivity index (χ2v) is 6.80. The zero-order chi connectivity index (χ0) is 14.2. The van der Waals surface area contributed by atoms with E-state index >= 15 is 0 Å². The molecule has 0 radical (unpaired) electrons. The lowest BCUT2D eigenvalue weighted by atomic mass is 9.90. The average molecular weight is 293 g/mol. The van der Waals surface area contributed by atoms with Gasteiger partial charge < -0.3 is 5.32 Å². The first-order valence-electron chi connectivity index (χ1n) is 7.57. The van der Waals surface area contributed by atoms with Crippen LogP contribution in [0.3, 0.4) is 0 Å². The van der Waals surface area contributed by atoms with E-state index in [1.807, 2.05) is 11.3 Å². The van der Waals surface area contributed by atoms with Crippen molar-refractivity contribution in [3.63, 3.8) is 0 Å². The molecule has 4 rings (SSSR count). The molecule has 0 aliphatic heterocycles. The molecule has 1 heterocycles. The van der Waals surface area contributed by atoms with Crippen LogP contribution in [0.25, 0.3) is 10.1 Å². The van der Waals surface area contributed by atoms with Crippen LogP contribution in [0.1, 0.15) is 22.7 Å². The topological polar surface area (TPSA) is 12.0 Å². The van der Waals surface area contributed by atoms with Gasteiger partial charge in [0.1, 0.15) is 0 Å². The predicted molar refractivity (Wildman–Crippen MR) is 91.0 cm³/mol. The number of nitrogens with one attached hydrogen (secondary N) is 1. The molecule has 2 aromatic carbocycles. The van der Waals surface area contributed by atoms with E-state index in [-0.39, 0.29) is 0 Å². The summed E-state index contributed by atoms with van der Waals surface area (Å²) >= 11 is 1.86. The van der Waals surface area contributed by atoms with Crippen molar-refractivity contribution in [3.8, 4) is 0 Å². The van der Waals surface area contributed by atoms with Gasteiger partial charge >= 0.3 is 0 Å². The quantitative estimate of drug-likeness (QED) is 0.745. The van der Waals surface area contributed by atoms with Crippen LogP contribution >= 0.6 is 11.3 Å². The molecule has 21 heavy (non-hydrogen) atoms. The highest BCUT2D eigenvalue weighted by Crippen LogP contribution is 2.39. The summed E-state index contributed by atoms with van der Waals surface area (Å²) in [6.45, 7) is 0. The van der Waals surface area contributed by atoms with E-state index in [9.17, 15) is 0 Å². The normalized spacial score (nSPS) is 16.2. The lowest BCUT2D eigenvalue weighted by molar-refractivity contribution is 0.400. The van der Waals surface area contributed by atoms with E-state index in [1.165, 1.54) is 39.6 Å². The molecule has 1 N–H and O–H groups in total. The largest absolute Gasteiger partial charge is 0.313 e. The van der Waals surface area contributed by atoms with Crippen molar-refractivity contribution in [3.05, 3.63) is 70.6 Å². The highest BCUT2D eigenvalue weighted by Gasteiger charge is 2.29. The number of benzene rings is 2. The minimum Gasteiger partial charge on any atom is -0.313 e. The molecule has 1 nitrogen and oxygen atoms in total. The van der Waals surface area contributed by atoms with Gasteiger partial charge in [-0.15, -0.1) is 11.3 Å². The lowest BCUT2D eigenvalue weighted by Gasteiger charge is -2.23. The Morgan fingerprint density at radius 2 is 1.67 bits per heavy atom. The Kier molecular flexibility index (Phi) is 3.28. The maximum atomic E-state index is 3.58. The van der Waals surface area contributed by atoms with Crippen LogP contribution < -0.4 is 5.32 Å². The minimum absolute atomic E-state index is 0.438. The van der Waals surface area contributed by atoms with Gasteiger partial charge in [-0.3, -0.25) is 0 Å². The number of hydrogen-bond donors (Lipinski definition) is 1. The van der Waals surface area contributed by atoms with Gasteiger partial charge in [0.2, 0.25) is 0 Å². The molecule has 1 aliphatic rings. The molecule has 0 fully saturated rings. The van der Waals surface area contributed by atoms with Crippen LogP contribution in [0.5, 0.6) is 0 Å². The summed E-state index contributed by atoms with van der Waals surface area (Å²) in [6, 6.07) is 18.1. The molecule has 0 bridgehead atoms. The third kappa shape index (κ3) is 2.19. The van der Waals surface area contributed by atoms with E-state index < -0.39 is 0 Å². The van der Waals surface area contributed by atoms with Crippen molar-refractivity contribution in [2.45, 2.75) is 18.9 Å². The van der Waals surface area contributed by atoms with Crippen LogP contribution in [-0.4, -0.2) is 7.05 Å². The second-order valence-electron chi connectivity index (χ2n) is 5.89. The van der Waals surface area contributed by atoms with Gasteiger partial charge in [-0.2, -0.15) is 0 Å². The van der Waals surface area contributed by atoms with E-state index in [1.54, 1.807) is 0 Å². The Morgan fingerprint density at radius 3 is 2.38 bits per heavy atom. The molecule has 2 heteroatoms. The fourth-order valence-electron chi connectivity index (χ4n) is 3.71. The van der Waals surface area contributed by atoms with Crippen molar-refractivity contribution >= 4 is 21.4 Å². The van der Waals surface area contributed by atoms with Gasteiger partial charge in [-0.25, -0.2) is 0 Å². The monoisotopic (exact) mass is 293 g/mol. The highest BCUT2D eigenvalue weighted by atomic mass is 32.1. The van der Waals surface area contributed by atoms with Gasteiger partial charge in [-0.1, -0.05) is 42.5 Å². The number of hydrogen-bond acceptors (Lipinski definition) is 2. The molecule has 1 unspecified atom stereocenters. The molecule has 1 aromatic heterocycles. The molecule has 0 saturated carbocycles. The number of thiophene rings is 1. The Bertz CT molecular complexity index is 749. The summed E-state index contributed by atoms with van der Waals surface area (Å²) in [5, 5.41) is 7.34. The van der Waals surface area contributed by atoms with Crippen LogP contribution in [-0.2, 0) is 12.8 Å². The Balaban J connectivity index is 1.70. The van der Waals surface area contributed by atoms with Gasteiger partial charge in [0.15, 0.2) is 0 Å². The van der Waals surface area contributed by atoms with Crippen molar-refractivity contribution < 1.29 is 0 Å². The SMILES string of the molecule is CNC(c1csc2ccccc12)C1Cc2ccccc2C1. The molecule has 0 saturated heterocycles. The van der Waals surface area contributed by atoms with Crippen molar-refractivity contribution in [1.29, 1.82) is 0 Å². The summed E-state index contributed by atoms with van der Waals surface area (Å²) in [7, 11) is 2.10. The summed E-state index contributed by atoms with van der Waals surface area (Å²) in [6.07, 6.45) is 2.37. The Labute approximate surface area is 129 Å². The fraction of sp³-hybridized carbons (Fsp3) is 0.263. The van der Waals surface area contributed by atoms with Gasteiger partial charge in [0.25, 0.3) is 0 Å². The fourth-order valence-corrected chi connectivity index (χ4v) is 4.71. The standard InChI is InChI=1S/C19H19NS/c1-20-19(15-10-13-6-2-3-7-14(13)11-15)17-12-21-18-9-5-4-8-16(17)18/h2-9,12,15,19-20H,10-11H2,1H3. The van der Waals surface area contributed by atoms with Crippen LogP contribution in [0.2, 0.25) is 0 Å². The van der Waals surface area contributed by atoms with Crippen molar-refractivity contribution in [2.24, 2.45) is 5.92 Å². The summed E-state index contributed by atoms with van der Waals surface area (Å²) in [5.74, 6) is 0.658. The third-order valence-electron chi connectivity index (χ3n) is 4.71. The van der Waals surface area contributed by atoms with E-state index in [0.717, 1.165) is 0 Å². The zero-order valence-corrected chi connectivity index (χ0v) is 13.0. The minimum atomic E-state index is 0.438. The molecular weight excluding hydrogens is 274 g/mol. The van der Waals surface area contributed by atoms with E-state index in [0.29, 0.717) is 12.0 Å². The maximum Gasteiger partial charge on any atom is 0.0367 e. The van der Waals surface area contributed by atoms with Crippen LogP contribution in [0, 0.1) is 5.92 Å². The zero-order valence-electron chi connectivity index (χ0n) is 12.2. The molecule has 1 atom stereocenters. The lowest BCUT2D eigenvalue weighted by Crippen LogP contribution is -2.25. The average Bonchev–Trinajstić information content (AvgIpc) is 3.13. The summed E-state index contributed by atoms with van der Waals surface area (Å²) in [5.41, 5.74) is 4.53. The second kappa shape index (κ2) is 5.28. The highest BCUT2D eigenvalue weighted by molar-refractivity contribution is 7.17. The van der Waals surface area contributed by atoms with Gasteiger partial charge in [0, 0.05) is 10.7 Å². The molecule has 3 aromatic rings. The van der Waals surface area contributed by atoms with Crippen molar-refractivity contribution in [1.82, 2.24) is 5.32 Å². The van der Waals surface area contributed by atoms with E-state index in [4.69, 9.17) is 0 Å². The molecule has 106 valence electrons. The molecule has 1 aliphatic carbocycles. The van der Waals surface area contributed by atoms with E-state index in [2.05, 4.69) is 66.3 Å². The number of fused-ring (bicyclic) bond motifs is 2. The first-order chi connectivity index (χ1) is 10.4. The van der Waals surface area contributed by atoms with Crippen molar-refractivity contribution in [2.75, 3.05) is 7.05 Å². The van der Waals surface area contributed by atoms with Crippen LogP contribution in [0.15, 0.2) is 53.9 Å². The first-order valence-corrected chi connectivity index (χ1v) is 8.45. The van der Waals surface area contributed by atoms with Gasteiger partial charge in [0.05, 0.1) is 0 Å². The predicted octanol–water partition coefficient (Wildman–Crippen LogP) is 4.58. The summed E-state index contributed by atoms with van der Waals surface area (Å²) < 4.78 is 1.39. The summed E-state index contributed by atoms with van der Waals surface area (Å²) in [4.78, 5) is 0.